The average Bonchev–Trinajstić information content (AvgIpc) is 3.16. The van der Waals surface area contributed by atoms with Gasteiger partial charge in [-0.05, 0) is 37.1 Å². The van der Waals surface area contributed by atoms with Crippen molar-refractivity contribution in [3.63, 3.8) is 0 Å². The molecule has 0 amide bonds. The summed E-state index contributed by atoms with van der Waals surface area (Å²) in [6, 6.07) is 11.1. The number of nitrogen functional groups attached to an aromatic ring is 1. The lowest BCUT2D eigenvalue weighted by molar-refractivity contribution is 0.0526. The van der Waals surface area contributed by atoms with Gasteiger partial charge in [0.05, 0.1) is 30.0 Å². The second-order valence-corrected chi connectivity index (χ2v) is 5.83. The maximum atomic E-state index is 11.9. The van der Waals surface area contributed by atoms with Gasteiger partial charge in [-0.3, -0.25) is 0 Å². The minimum absolute atomic E-state index is 0.131. The Balaban J connectivity index is 2.04. The number of ether oxygens (including phenoxy) is 2. The van der Waals surface area contributed by atoms with Crippen LogP contribution in [0.15, 0.2) is 30.3 Å². The third-order valence-electron chi connectivity index (χ3n) is 4.23. The molecule has 0 aliphatic carbocycles. The van der Waals surface area contributed by atoms with E-state index in [1.54, 1.807) is 25.1 Å². The predicted octanol–water partition coefficient (Wildman–Crippen LogP) is 2.88. The normalized spacial score (nSPS) is 16.4. The summed E-state index contributed by atoms with van der Waals surface area (Å²) in [5.41, 5.74) is 9.11. The quantitative estimate of drug-likeness (QED) is 0.861. The summed E-state index contributed by atoms with van der Waals surface area (Å²) in [6.45, 7) is 3.32. The summed E-state index contributed by atoms with van der Waals surface area (Å²) in [5, 5.41) is 9.43. The molecule has 1 aromatic heterocycles. The number of hydrogen-bond donors (Lipinski definition) is 1. The van der Waals surface area contributed by atoms with Crippen molar-refractivity contribution in [2.24, 2.45) is 0 Å². The highest BCUT2D eigenvalue weighted by molar-refractivity contribution is 5.91. The molecule has 0 unspecified atom stereocenters. The smallest absolute Gasteiger partial charge is 0.338 e. The van der Waals surface area contributed by atoms with Crippen molar-refractivity contribution in [3.05, 3.63) is 47.0 Å². The number of nitrogens with two attached hydrogens (primary N) is 1. The molecule has 0 radical (unpaired) electrons. The molecule has 2 N–H and O–H groups in total. The third-order valence-corrected chi connectivity index (χ3v) is 4.23. The van der Waals surface area contributed by atoms with Gasteiger partial charge in [-0.1, -0.05) is 12.1 Å². The predicted molar refractivity (Wildman–Crippen MR) is 92.9 cm³/mol. The molecule has 6 nitrogen and oxygen atoms in total. The van der Waals surface area contributed by atoms with Crippen molar-refractivity contribution in [3.8, 4) is 17.3 Å². The molecule has 1 fully saturated rings. The number of nitrogens with zero attached hydrogens (tertiary/aromatic N) is 2. The average molecular weight is 337 g/mol. The number of nitriles is 1. The highest BCUT2D eigenvalue weighted by atomic mass is 16.5. The molecular formula is C19H19N3O3. The molecule has 1 aliphatic rings. The number of anilines is 1. The number of rotatable bonds is 4. The van der Waals surface area contributed by atoms with Crippen molar-refractivity contribution >= 4 is 11.8 Å². The molecule has 25 heavy (non-hydrogen) atoms. The van der Waals surface area contributed by atoms with Crippen LogP contribution in [0.25, 0.3) is 11.3 Å². The molecular weight excluding hydrogens is 318 g/mol. The van der Waals surface area contributed by atoms with E-state index in [4.69, 9.17) is 15.2 Å². The molecule has 0 spiro atoms. The lowest BCUT2D eigenvalue weighted by Gasteiger charge is -2.14. The number of aromatic nitrogens is 1. The van der Waals surface area contributed by atoms with Gasteiger partial charge >= 0.3 is 5.97 Å². The topological polar surface area (TPSA) is 98.2 Å². The first-order chi connectivity index (χ1) is 12.1. The maximum Gasteiger partial charge on any atom is 0.338 e. The van der Waals surface area contributed by atoms with Crippen LogP contribution in [0.5, 0.6) is 0 Å². The van der Waals surface area contributed by atoms with E-state index < -0.39 is 0 Å². The molecule has 0 saturated carbocycles. The Kier molecular flexibility index (Phi) is 4.96. The van der Waals surface area contributed by atoms with Crippen LogP contribution < -0.4 is 5.73 Å². The highest BCUT2D eigenvalue weighted by Crippen LogP contribution is 2.33. The zero-order valence-electron chi connectivity index (χ0n) is 14.0. The van der Waals surface area contributed by atoms with Crippen LogP contribution in [0.2, 0.25) is 0 Å². The van der Waals surface area contributed by atoms with Crippen molar-refractivity contribution < 1.29 is 14.3 Å². The number of carbonyl (C=O) groups is 1. The van der Waals surface area contributed by atoms with E-state index in [0.29, 0.717) is 36.6 Å². The van der Waals surface area contributed by atoms with Crippen LogP contribution in [-0.2, 0) is 9.47 Å². The molecule has 1 saturated heterocycles. The first-order valence-corrected chi connectivity index (χ1v) is 8.19. The lowest BCUT2D eigenvalue weighted by atomic mass is 9.93. The van der Waals surface area contributed by atoms with Crippen molar-refractivity contribution in [1.82, 2.24) is 4.98 Å². The van der Waals surface area contributed by atoms with E-state index in [-0.39, 0.29) is 17.7 Å². The summed E-state index contributed by atoms with van der Waals surface area (Å²) in [7, 11) is 0. The molecule has 0 bridgehead atoms. The van der Waals surface area contributed by atoms with Crippen LogP contribution >= 0.6 is 0 Å². The Hall–Kier alpha value is -2.91. The van der Waals surface area contributed by atoms with E-state index in [9.17, 15) is 10.1 Å². The SMILES string of the molecule is CCOC(=O)c1cccc(-c2cc([C@@H]3CCOC3)c(C#N)c(N)n2)c1. The van der Waals surface area contributed by atoms with Crippen LogP contribution in [0, 0.1) is 11.3 Å². The zero-order valence-corrected chi connectivity index (χ0v) is 14.0. The van der Waals surface area contributed by atoms with Crippen LogP contribution in [0.3, 0.4) is 0 Å². The van der Waals surface area contributed by atoms with E-state index in [2.05, 4.69) is 11.1 Å². The van der Waals surface area contributed by atoms with E-state index >= 15 is 0 Å². The molecule has 128 valence electrons. The fourth-order valence-electron chi connectivity index (χ4n) is 2.98. The van der Waals surface area contributed by atoms with Crippen molar-refractivity contribution in [2.45, 2.75) is 19.3 Å². The minimum atomic E-state index is -0.379. The van der Waals surface area contributed by atoms with Gasteiger partial charge in [-0.2, -0.15) is 5.26 Å². The standard InChI is InChI=1S/C19H19N3O3/c1-2-25-19(23)13-5-3-4-12(8-13)17-9-15(14-6-7-24-11-14)16(10-20)18(21)22-17/h3-5,8-9,14H,2,6-7,11H2,1H3,(H2,21,22)/t14-/m1/s1. The molecule has 1 aliphatic heterocycles. The van der Waals surface area contributed by atoms with Gasteiger partial charge in [0.2, 0.25) is 0 Å². The monoisotopic (exact) mass is 337 g/mol. The summed E-state index contributed by atoms with van der Waals surface area (Å²) in [4.78, 5) is 16.3. The van der Waals surface area contributed by atoms with E-state index in [0.717, 1.165) is 17.5 Å². The highest BCUT2D eigenvalue weighted by Gasteiger charge is 2.24. The van der Waals surface area contributed by atoms with Gasteiger partial charge in [0.25, 0.3) is 0 Å². The molecule has 6 heteroatoms. The summed E-state index contributed by atoms with van der Waals surface area (Å²) in [6.07, 6.45) is 0.848. The largest absolute Gasteiger partial charge is 0.462 e. The van der Waals surface area contributed by atoms with Gasteiger partial charge in [-0.25, -0.2) is 9.78 Å². The molecule has 3 rings (SSSR count). The van der Waals surface area contributed by atoms with Crippen molar-refractivity contribution in [1.29, 1.82) is 5.26 Å². The van der Waals surface area contributed by atoms with E-state index in [1.807, 2.05) is 12.1 Å². The second kappa shape index (κ2) is 7.32. The zero-order chi connectivity index (χ0) is 17.8. The molecule has 1 atom stereocenters. The Morgan fingerprint density at radius 3 is 3.00 bits per heavy atom. The fourth-order valence-corrected chi connectivity index (χ4v) is 2.98. The molecule has 2 aromatic rings. The number of esters is 1. The van der Waals surface area contributed by atoms with Gasteiger partial charge in [0.1, 0.15) is 11.9 Å². The van der Waals surface area contributed by atoms with Gasteiger partial charge in [0, 0.05) is 18.1 Å². The Morgan fingerprint density at radius 1 is 1.48 bits per heavy atom. The second-order valence-electron chi connectivity index (χ2n) is 5.83. The Labute approximate surface area is 146 Å². The summed E-state index contributed by atoms with van der Waals surface area (Å²) in [5.74, 6) is -0.0502. The number of benzene rings is 1. The van der Waals surface area contributed by atoms with Crippen LogP contribution in [-0.4, -0.2) is 30.8 Å². The fraction of sp³-hybridized carbons (Fsp3) is 0.316. The van der Waals surface area contributed by atoms with Crippen LogP contribution in [0.4, 0.5) is 5.82 Å². The number of carbonyl (C=O) groups excluding carboxylic acids is 1. The first kappa shape index (κ1) is 16.9. The van der Waals surface area contributed by atoms with E-state index in [1.165, 1.54) is 0 Å². The number of pyridine rings is 1. The maximum absolute atomic E-state index is 11.9. The molecule has 1 aromatic carbocycles. The first-order valence-electron chi connectivity index (χ1n) is 8.19. The third kappa shape index (κ3) is 3.47. The Morgan fingerprint density at radius 2 is 2.32 bits per heavy atom. The van der Waals surface area contributed by atoms with Crippen molar-refractivity contribution in [2.75, 3.05) is 25.6 Å². The molecule has 2 heterocycles. The Bertz CT molecular complexity index is 836. The summed E-state index contributed by atoms with van der Waals surface area (Å²) >= 11 is 0. The summed E-state index contributed by atoms with van der Waals surface area (Å²) < 4.78 is 10.5. The lowest BCUT2D eigenvalue weighted by Crippen LogP contribution is -2.07. The van der Waals surface area contributed by atoms with Gasteiger partial charge in [0.15, 0.2) is 0 Å². The van der Waals surface area contributed by atoms with Crippen LogP contribution in [0.1, 0.15) is 40.7 Å². The van der Waals surface area contributed by atoms with Gasteiger partial charge in [-0.15, -0.1) is 0 Å². The minimum Gasteiger partial charge on any atom is -0.462 e. The number of hydrogen-bond acceptors (Lipinski definition) is 6. The van der Waals surface area contributed by atoms with Gasteiger partial charge < -0.3 is 15.2 Å².